The lowest BCUT2D eigenvalue weighted by molar-refractivity contribution is 0.346. The molecule has 0 amide bonds. The van der Waals surface area contributed by atoms with E-state index in [1.807, 2.05) is 72.8 Å². The van der Waals surface area contributed by atoms with Crippen LogP contribution in [0.5, 0.6) is 23.0 Å². The minimum atomic E-state index is -0.217. The highest BCUT2D eigenvalue weighted by atomic mass is 16.5. The van der Waals surface area contributed by atoms with Gasteiger partial charge in [0, 0.05) is 5.41 Å². The number of ether oxygens (including phenoxy) is 4. The Labute approximate surface area is 228 Å². The van der Waals surface area contributed by atoms with Gasteiger partial charge in [0.25, 0.3) is 0 Å². The van der Waals surface area contributed by atoms with Crippen molar-refractivity contribution in [2.24, 2.45) is 9.98 Å². The number of rotatable bonds is 8. The molecule has 0 aliphatic carbocycles. The van der Waals surface area contributed by atoms with E-state index in [2.05, 4.69) is 48.1 Å². The first-order valence-electron chi connectivity index (χ1n) is 13.2. The van der Waals surface area contributed by atoms with E-state index < -0.39 is 0 Å². The van der Waals surface area contributed by atoms with Crippen molar-refractivity contribution < 1.29 is 18.9 Å². The molecule has 0 atom stereocenters. The van der Waals surface area contributed by atoms with Crippen LogP contribution in [0, 0.1) is 0 Å². The molecule has 4 aromatic carbocycles. The zero-order valence-corrected chi connectivity index (χ0v) is 22.1. The van der Waals surface area contributed by atoms with Gasteiger partial charge in [-0.05, 0) is 59.7 Å². The molecule has 2 heterocycles. The molecule has 0 radical (unpaired) electrons. The Morgan fingerprint density at radius 3 is 1.36 bits per heavy atom. The van der Waals surface area contributed by atoms with E-state index in [4.69, 9.17) is 18.9 Å². The van der Waals surface area contributed by atoms with Gasteiger partial charge < -0.3 is 18.9 Å². The van der Waals surface area contributed by atoms with E-state index in [9.17, 15) is 0 Å². The summed E-state index contributed by atoms with van der Waals surface area (Å²) < 4.78 is 23.7. The number of aliphatic imine (C=N–C) groups is 2. The van der Waals surface area contributed by atoms with Crippen molar-refractivity contribution in [3.8, 4) is 23.0 Å². The monoisotopic (exact) mass is 518 g/mol. The van der Waals surface area contributed by atoms with Gasteiger partial charge in [0.2, 0.25) is 11.8 Å². The Hall–Kier alpha value is -4.58. The summed E-state index contributed by atoms with van der Waals surface area (Å²) in [7, 11) is 0. The summed E-state index contributed by atoms with van der Waals surface area (Å²) in [5, 5.41) is 0. The van der Waals surface area contributed by atoms with Crippen molar-refractivity contribution in [3.05, 3.63) is 119 Å². The van der Waals surface area contributed by atoms with E-state index >= 15 is 0 Å². The largest absolute Gasteiger partial charge is 0.475 e. The molecule has 6 nitrogen and oxygen atoms in total. The molecule has 2 aliphatic heterocycles. The molecule has 4 aromatic rings. The lowest BCUT2D eigenvalue weighted by Gasteiger charge is -2.26. The normalized spacial score (nSPS) is 14.7. The molecule has 39 heavy (non-hydrogen) atoms. The van der Waals surface area contributed by atoms with Crippen LogP contribution in [0.2, 0.25) is 0 Å². The van der Waals surface area contributed by atoms with Crippen LogP contribution in [0.4, 0.5) is 0 Å². The molecule has 0 saturated heterocycles. The summed E-state index contributed by atoms with van der Waals surface area (Å²) in [6.07, 6.45) is 0. The Kier molecular flexibility index (Phi) is 6.76. The predicted molar refractivity (Wildman–Crippen MR) is 153 cm³/mol. The molecule has 0 aromatic heterocycles. The molecule has 2 aliphatic rings. The first-order chi connectivity index (χ1) is 19.1. The summed E-state index contributed by atoms with van der Waals surface area (Å²) in [4.78, 5) is 8.87. The average molecular weight is 519 g/mol. The Morgan fingerprint density at radius 2 is 0.974 bits per heavy atom. The quantitative estimate of drug-likeness (QED) is 0.249. The number of nitrogens with zero attached hydrogens (tertiary/aromatic N) is 2. The van der Waals surface area contributed by atoms with Crippen LogP contribution in [-0.4, -0.2) is 38.1 Å². The lowest BCUT2D eigenvalue weighted by atomic mass is 9.78. The van der Waals surface area contributed by atoms with Crippen LogP contribution < -0.4 is 9.47 Å². The Balaban J connectivity index is 1.17. The second kappa shape index (κ2) is 10.7. The highest BCUT2D eigenvalue weighted by Gasteiger charge is 2.24. The number of hydrogen-bond acceptors (Lipinski definition) is 6. The maximum Gasteiger partial charge on any atom is 0.220 e. The van der Waals surface area contributed by atoms with Crippen molar-refractivity contribution in [1.82, 2.24) is 0 Å². The molecule has 6 heteroatoms. The zero-order valence-electron chi connectivity index (χ0n) is 22.1. The molecule has 0 spiro atoms. The summed E-state index contributed by atoms with van der Waals surface area (Å²) in [6.45, 7) is 7.01. The summed E-state index contributed by atoms with van der Waals surface area (Å²) in [6, 6.07) is 32.1. The van der Waals surface area contributed by atoms with Crippen LogP contribution in [0.15, 0.2) is 107 Å². The van der Waals surface area contributed by atoms with Crippen molar-refractivity contribution in [3.63, 3.8) is 0 Å². The number of benzene rings is 4. The van der Waals surface area contributed by atoms with Gasteiger partial charge in [-0.1, -0.05) is 62.4 Å². The van der Waals surface area contributed by atoms with E-state index in [-0.39, 0.29) is 5.41 Å². The van der Waals surface area contributed by atoms with Gasteiger partial charge in [0.15, 0.2) is 0 Å². The van der Waals surface area contributed by atoms with Crippen LogP contribution in [0.1, 0.15) is 36.1 Å². The Morgan fingerprint density at radius 1 is 0.564 bits per heavy atom. The van der Waals surface area contributed by atoms with Crippen molar-refractivity contribution in [1.29, 1.82) is 0 Å². The van der Waals surface area contributed by atoms with Gasteiger partial charge >= 0.3 is 0 Å². The van der Waals surface area contributed by atoms with Crippen LogP contribution in [0.3, 0.4) is 0 Å². The molecule has 0 bridgehead atoms. The highest BCUT2D eigenvalue weighted by Crippen LogP contribution is 2.35. The SMILES string of the molecule is CC(C)(c1ccc(Oc2ccccc2C2=NCCO2)cc1)c1ccc(Oc2ccccc2C2=NCCO2)cc1. The third-order valence-electron chi connectivity index (χ3n) is 7.01. The fraction of sp³-hybridized carbons (Fsp3) is 0.212. The van der Waals surface area contributed by atoms with Gasteiger partial charge in [-0.25, -0.2) is 9.98 Å². The third kappa shape index (κ3) is 5.23. The fourth-order valence-electron chi connectivity index (χ4n) is 4.76. The maximum atomic E-state index is 6.22. The van der Waals surface area contributed by atoms with Crippen molar-refractivity contribution in [2.45, 2.75) is 19.3 Å². The first kappa shape index (κ1) is 24.7. The second-order valence-electron chi connectivity index (χ2n) is 9.94. The van der Waals surface area contributed by atoms with Crippen LogP contribution in [-0.2, 0) is 14.9 Å². The van der Waals surface area contributed by atoms with E-state index in [0.29, 0.717) is 38.1 Å². The fourth-order valence-corrected chi connectivity index (χ4v) is 4.76. The van der Waals surface area contributed by atoms with Gasteiger partial charge in [-0.15, -0.1) is 0 Å². The minimum Gasteiger partial charge on any atom is -0.475 e. The topological polar surface area (TPSA) is 61.6 Å². The van der Waals surface area contributed by atoms with Crippen LogP contribution in [0.25, 0.3) is 0 Å². The third-order valence-corrected chi connectivity index (χ3v) is 7.01. The van der Waals surface area contributed by atoms with E-state index in [1.54, 1.807) is 0 Å². The number of para-hydroxylation sites is 2. The molecule has 196 valence electrons. The molecule has 0 fully saturated rings. The van der Waals surface area contributed by atoms with Crippen molar-refractivity contribution >= 4 is 11.8 Å². The highest BCUT2D eigenvalue weighted by molar-refractivity contribution is 5.98. The van der Waals surface area contributed by atoms with Crippen LogP contribution >= 0.6 is 0 Å². The summed E-state index contributed by atoms with van der Waals surface area (Å²) in [5.74, 6) is 4.26. The molecule has 0 N–H and O–H groups in total. The smallest absolute Gasteiger partial charge is 0.220 e. The average Bonchev–Trinajstić information content (AvgIpc) is 3.70. The molecular weight excluding hydrogens is 488 g/mol. The van der Waals surface area contributed by atoms with Gasteiger partial charge in [0.1, 0.15) is 36.2 Å². The van der Waals surface area contributed by atoms with Crippen molar-refractivity contribution in [2.75, 3.05) is 26.3 Å². The number of hydrogen-bond donors (Lipinski definition) is 0. The molecule has 0 saturated carbocycles. The molecule has 0 unspecified atom stereocenters. The lowest BCUT2D eigenvalue weighted by Crippen LogP contribution is -2.18. The Bertz CT molecular complexity index is 1410. The predicted octanol–water partition coefficient (Wildman–Crippen LogP) is 7.15. The molecule has 6 rings (SSSR count). The standard InChI is InChI=1S/C33H30N2O4/c1-33(2,23-11-15-25(16-12-23)38-29-9-5-3-7-27(29)31-34-19-21-36-31)24-13-17-26(18-14-24)39-30-10-6-4-8-28(30)32-35-20-22-37-32/h3-18H,19-22H2,1-2H3. The van der Waals surface area contributed by atoms with E-state index in [1.165, 1.54) is 11.1 Å². The first-order valence-corrected chi connectivity index (χ1v) is 13.2. The van der Waals surface area contributed by atoms with E-state index in [0.717, 1.165) is 34.1 Å². The summed E-state index contributed by atoms with van der Waals surface area (Å²) in [5.41, 5.74) is 3.89. The van der Waals surface area contributed by atoms with Gasteiger partial charge in [-0.3, -0.25) is 0 Å². The van der Waals surface area contributed by atoms with Gasteiger partial charge in [0.05, 0.1) is 24.2 Å². The minimum absolute atomic E-state index is 0.217. The second-order valence-corrected chi connectivity index (χ2v) is 9.94. The van der Waals surface area contributed by atoms with Gasteiger partial charge in [-0.2, -0.15) is 0 Å². The maximum absolute atomic E-state index is 6.22. The molecular formula is C33H30N2O4. The zero-order chi connectivity index (χ0) is 26.7. The summed E-state index contributed by atoms with van der Waals surface area (Å²) >= 11 is 0.